The van der Waals surface area contributed by atoms with Crippen LogP contribution in [-0.2, 0) is 0 Å². The minimum atomic E-state index is -0.446. The normalized spacial score (nSPS) is 13.9. The molecule has 11 rings (SSSR count). The quantitative estimate of drug-likeness (QED) is 0.205. The number of aliphatic imine (C=N–C) groups is 2. The first-order valence-corrected chi connectivity index (χ1v) is 17.0. The average molecular weight is 640 g/mol. The molecule has 0 saturated carbocycles. The number of nitrogens with zero attached hydrogens (tertiary/aromatic N) is 4. The molecule has 7 aromatic carbocycles. The van der Waals surface area contributed by atoms with Crippen molar-refractivity contribution in [3.63, 3.8) is 0 Å². The molecule has 0 spiro atoms. The second-order valence-corrected chi connectivity index (χ2v) is 13.0. The summed E-state index contributed by atoms with van der Waals surface area (Å²) >= 11 is 0. The highest BCUT2D eigenvalue weighted by Gasteiger charge is 2.23. The fourth-order valence-corrected chi connectivity index (χ4v) is 8.13. The van der Waals surface area contributed by atoms with E-state index in [-0.39, 0.29) is 0 Å². The standard InChI is InChI=1S/C45H29N5/c1-3-13-28(14-4-1)43-46-44(29-15-5-2-6-16-29)48-45(47-43)30-25-26-39-40(27-30)50-38-24-10-8-18-32(38)34-20-12-22-36(42(34)50)35-21-11-19-33-31-17-7-9-23-37(31)49(39)41(33)35/h1-27,45H,(H,46,47,48). The lowest BCUT2D eigenvalue weighted by Crippen LogP contribution is -2.35. The van der Waals surface area contributed by atoms with Crippen LogP contribution in [-0.4, -0.2) is 20.5 Å². The average Bonchev–Trinajstić information content (AvgIpc) is 3.71. The van der Waals surface area contributed by atoms with Crippen molar-refractivity contribution in [1.82, 2.24) is 14.1 Å². The summed E-state index contributed by atoms with van der Waals surface area (Å²) in [6, 6.07) is 58.5. The Morgan fingerprint density at radius 2 is 0.820 bits per heavy atom. The van der Waals surface area contributed by atoms with Crippen molar-refractivity contribution in [3.05, 3.63) is 180 Å². The van der Waals surface area contributed by atoms with Crippen molar-refractivity contribution >= 4 is 77.1 Å². The molecule has 0 bridgehead atoms. The van der Waals surface area contributed by atoms with Gasteiger partial charge in [-0.2, -0.15) is 0 Å². The van der Waals surface area contributed by atoms with Crippen LogP contribution in [0, 0.1) is 0 Å². The Bertz CT molecular complexity index is 3000. The van der Waals surface area contributed by atoms with Gasteiger partial charge in [-0.05, 0) is 24.3 Å². The Kier molecular flexibility index (Phi) is 5.66. The summed E-state index contributed by atoms with van der Waals surface area (Å²) in [7, 11) is 0. The second kappa shape index (κ2) is 10.4. The maximum absolute atomic E-state index is 5.25. The first-order chi connectivity index (χ1) is 24.8. The van der Waals surface area contributed by atoms with E-state index in [4.69, 9.17) is 9.98 Å². The Morgan fingerprint density at radius 3 is 1.36 bits per heavy atom. The van der Waals surface area contributed by atoms with E-state index in [1.54, 1.807) is 0 Å². The molecule has 0 fully saturated rings. The SMILES string of the molecule is c1ccc(C2=NC(c3ccc4c(c3)n3c5ccccc5c5cccc(c6cccc7c8ccccc8n4c76)c53)N=C(c3ccccc3)N2)cc1. The van der Waals surface area contributed by atoms with Crippen LogP contribution in [0.3, 0.4) is 0 Å². The number of fused-ring (bicyclic) bond motifs is 10. The van der Waals surface area contributed by atoms with Crippen LogP contribution >= 0.6 is 0 Å². The van der Waals surface area contributed by atoms with Gasteiger partial charge in [0.15, 0.2) is 6.17 Å². The van der Waals surface area contributed by atoms with Crippen molar-refractivity contribution in [2.45, 2.75) is 6.17 Å². The number of para-hydroxylation sites is 4. The second-order valence-electron chi connectivity index (χ2n) is 13.0. The molecule has 0 saturated heterocycles. The van der Waals surface area contributed by atoms with Crippen molar-refractivity contribution in [2.75, 3.05) is 0 Å². The molecule has 1 N–H and O–H groups in total. The highest BCUT2D eigenvalue weighted by molar-refractivity contribution is 6.25. The molecule has 3 aromatic heterocycles. The molecule has 0 atom stereocenters. The molecule has 0 radical (unpaired) electrons. The minimum absolute atomic E-state index is 0.446. The number of nitrogens with one attached hydrogen (secondary N) is 1. The van der Waals surface area contributed by atoms with E-state index in [1.165, 1.54) is 54.4 Å². The van der Waals surface area contributed by atoms with Crippen molar-refractivity contribution in [1.29, 1.82) is 0 Å². The lowest BCUT2D eigenvalue weighted by atomic mass is 10.0. The van der Waals surface area contributed by atoms with Gasteiger partial charge >= 0.3 is 0 Å². The Balaban J connectivity index is 1.31. The number of aromatic nitrogens is 2. The van der Waals surface area contributed by atoms with E-state index in [2.05, 4.69) is 142 Å². The monoisotopic (exact) mass is 639 g/mol. The zero-order valence-electron chi connectivity index (χ0n) is 27.0. The number of hydrogen-bond donors (Lipinski definition) is 1. The molecule has 4 heterocycles. The molecule has 1 aliphatic heterocycles. The molecule has 1 aliphatic rings. The molecule has 0 aliphatic carbocycles. The van der Waals surface area contributed by atoms with Gasteiger partial charge in [-0.15, -0.1) is 0 Å². The van der Waals surface area contributed by atoms with Gasteiger partial charge in [0, 0.05) is 49.0 Å². The van der Waals surface area contributed by atoms with Crippen LogP contribution in [0.2, 0.25) is 0 Å². The van der Waals surface area contributed by atoms with Gasteiger partial charge in [0.2, 0.25) is 0 Å². The van der Waals surface area contributed by atoms with Crippen LogP contribution in [0.5, 0.6) is 0 Å². The van der Waals surface area contributed by atoms with E-state index in [0.29, 0.717) is 0 Å². The lowest BCUT2D eigenvalue weighted by molar-refractivity contribution is 0.756. The zero-order chi connectivity index (χ0) is 32.8. The lowest BCUT2D eigenvalue weighted by Gasteiger charge is -2.22. The van der Waals surface area contributed by atoms with Crippen molar-refractivity contribution in [3.8, 4) is 0 Å². The molecular weight excluding hydrogens is 611 g/mol. The topological polar surface area (TPSA) is 45.6 Å². The van der Waals surface area contributed by atoms with Gasteiger partial charge < -0.3 is 14.1 Å². The molecule has 5 heteroatoms. The Labute approximate surface area is 287 Å². The maximum atomic E-state index is 5.25. The fourth-order valence-electron chi connectivity index (χ4n) is 8.13. The van der Waals surface area contributed by atoms with Crippen LogP contribution in [0.1, 0.15) is 22.9 Å². The van der Waals surface area contributed by atoms with E-state index < -0.39 is 6.17 Å². The molecule has 234 valence electrons. The van der Waals surface area contributed by atoms with Crippen LogP contribution in [0.25, 0.3) is 65.4 Å². The number of benzene rings is 7. The summed E-state index contributed by atoms with van der Waals surface area (Å²) in [5, 5.41) is 11.0. The van der Waals surface area contributed by atoms with Gasteiger partial charge in [0.1, 0.15) is 11.7 Å². The largest absolute Gasteiger partial charge is 0.324 e. The third-order valence-corrected chi connectivity index (χ3v) is 10.3. The van der Waals surface area contributed by atoms with E-state index in [0.717, 1.165) is 39.4 Å². The smallest absolute Gasteiger partial charge is 0.169 e. The van der Waals surface area contributed by atoms with E-state index >= 15 is 0 Å². The molecular formula is C45H29N5. The first-order valence-electron chi connectivity index (χ1n) is 17.0. The van der Waals surface area contributed by atoms with E-state index in [9.17, 15) is 0 Å². The molecule has 50 heavy (non-hydrogen) atoms. The first kappa shape index (κ1) is 27.3. The maximum Gasteiger partial charge on any atom is 0.169 e. The highest BCUT2D eigenvalue weighted by atomic mass is 15.2. The van der Waals surface area contributed by atoms with Crippen LogP contribution in [0.15, 0.2) is 174 Å². The van der Waals surface area contributed by atoms with Gasteiger partial charge in [0.25, 0.3) is 0 Å². The Morgan fingerprint density at radius 1 is 0.380 bits per heavy atom. The summed E-state index contributed by atoms with van der Waals surface area (Å²) in [4.78, 5) is 10.5. The van der Waals surface area contributed by atoms with Crippen LogP contribution < -0.4 is 5.32 Å². The molecule has 0 unspecified atom stereocenters. The minimum Gasteiger partial charge on any atom is -0.324 e. The summed E-state index contributed by atoms with van der Waals surface area (Å²) < 4.78 is 4.94. The van der Waals surface area contributed by atoms with Gasteiger partial charge in [-0.25, -0.2) is 9.98 Å². The number of amidine groups is 2. The van der Waals surface area contributed by atoms with E-state index in [1.807, 2.05) is 36.4 Å². The third-order valence-electron chi connectivity index (χ3n) is 10.3. The summed E-state index contributed by atoms with van der Waals surface area (Å²) in [5.41, 5.74) is 10.1. The van der Waals surface area contributed by atoms with Crippen molar-refractivity contribution in [2.24, 2.45) is 9.98 Å². The summed E-state index contributed by atoms with van der Waals surface area (Å²) in [5.74, 6) is 1.62. The third kappa shape index (κ3) is 3.83. The highest BCUT2D eigenvalue weighted by Crippen LogP contribution is 2.41. The zero-order valence-corrected chi connectivity index (χ0v) is 27.0. The summed E-state index contributed by atoms with van der Waals surface area (Å²) in [6.45, 7) is 0. The number of rotatable bonds is 3. The van der Waals surface area contributed by atoms with Gasteiger partial charge in [0.05, 0.1) is 33.1 Å². The number of hydrogen-bond acceptors (Lipinski definition) is 3. The van der Waals surface area contributed by atoms with Crippen LogP contribution in [0.4, 0.5) is 0 Å². The Hall–Kier alpha value is -6.72. The predicted octanol–water partition coefficient (Wildman–Crippen LogP) is 10.5. The van der Waals surface area contributed by atoms with Crippen molar-refractivity contribution < 1.29 is 0 Å². The van der Waals surface area contributed by atoms with Gasteiger partial charge in [-0.1, -0.05) is 140 Å². The summed E-state index contributed by atoms with van der Waals surface area (Å²) in [6.07, 6.45) is -0.446. The van der Waals surface area contributed by atoms with Gasteiger partial charge in [-0.3, -0.25) is 0 Å². The molecule has 5 nitrogen and oxygen atoms in total. The molecule has 10 aromatic rings. The fraction of sp³-hybridized carbons (Fsp3) is 0.0222. The predicted molar refractivity (Wildman–Crippen MR) is 208 cm³/mol. The molecule has 0 amide bonds.